The molecule has 0 aliphatic carbocycles. The Hall–Kier alpha value is -3.06. The second-order valence-electron chi connectivity index (χ2n) is 12.9. The van der Waals surface area contributed by atoms with E-state index in [-0.39, 0.29) is 28.4 Å². The summed E-state index contributed by atoms with van der Waals surface area (Å²) in [5.74, 6) is 1.05. The van der Waals surface area contributed by atoms with Crippen LogP contribution in [0.25, 0.3) is 11.1 Å². The van der Waals surface area contributed by atoms with Crippen molar-refractivity contribution in [1.29, 1.82) is 0 Å². The number of hydrogen-bond acceptors (Lipinski definition) is 5. The molecular weight excluding hydrogens is 480 g/mol. The van der Waals surface area contributed by atoms with Crippen molar-refractivity contribution in [3.63, 3.8) is 0 Å². The minimum absolute atomic E-state index is 0.0371. The van der Waals surface area contributed by atoms with Gasteiger partial charge in [-0.2, -0.15) is 0 Å². The molecule has 7 nitrogen and oxygen atoms in total. The highest BCUT2D eigenvalue weighted by Gasteiger charge is 2.50. The van der Waals surface area contributed by atoms with Crippen molar-refractivity contribution < 1.29 is 23.8 Å². The third-order valence-electron chi connectivity index (χ3n) is 8.42. The van der Waals surface area contributed by atoms with Crippen LogP contribution in [0.2, 0.25) is 0 Å². The van der Waals surface area contributed by atoms with Crippen molar-refractivity contribution >= 4 is 12.0 Å². The van der Waals surface area contributed by atoms with Crippen LogP contribution in [-0.2, 0) is 15.9 Å². The zero-order valence-corrected chi connectivity index (χ0v) is 22.8. The van der Waals surface area contributed by atoms with Gasteiger partial charge in [0, 0.05) is 44.6 Å². The summed E-state index contributed by atoms with van der Waals surface area (Å²) in [7, 11) is 0. The predicted octanol–water partition coefficient (Wildman–Crippen LogP) is 5.17. The fraction of sp³-hybridized carbons (Fsp3) is 0.548. The van der Waals surface area contributed by atoms with Crippen LogP contribution in [0, 0.1) is 10.8 Å². The van der Waals surface area contributed by atoms with Crippen LogP contribution in [-0.4, -0.2) is 73.4 Å². The maximum absolute atomic E-state index is 12.8. The van der Waals surface area contributed by atoms with Crippen LogP contribution < -0.4 is 4.74 Å². The molecule has 38 heavy (non-hydrogen) atoms. The molecule has 0 bridgehead atoms. The Labute approximate surface area is 225 Å². The van der Waals surface area contributed by atoms with Crippen LogP contribution in [0.3, 0.4) is 0 Å². The third kappa shape index (κ3) is 4.89. The highest BCUT2D eigenvalue weighted by Crippen LogP contribution is 2.41. The van der Waals surface area contributed by atoms with E-state index in [1.54, 1.807) is 0 Å². The Kier molecular flexibility index (Phi) is 6.17. The molecule has 0 atom stereocenters. The topological polar surface area (TPSA) is 68.3 Å². The number of hydrogen-bond donors (Lipinski definition) is 0. The molecular formula is C31H38N2O5. The number of benzene rings is 2. The molecule has 2 aromatic carbocycles. The molecule has 7 heteroatoms. The van der Waals surface area contributed by atoms with E-state index < -0.39 is 0 Å². The first-order chi connectivity index (χ1) is 18.1. The van der Waals surface area contributed by atoms with Gasteiger partial charge in [0.15, 0.2) is 0 Å². The summed E-state index contributed by atoms with van der Waals surface area (Å²) in [4.78, 5) is 29.0. The second-order valence-corrected chi connectivity index (χ2v) is 12.9. The molecule has 2 aromatic rings. The standard InChI is InChI=1S/C31H38N2O5/c1-29(2,3)19-37-28(35)32-14-12-31(13-15-32)11-10-25-16-24(8-9-26(25)38-31)22-4-6-23(7-5-22)27(34)33-17-30(18-33)20-36-21-30/h4-9,16H,10-15,17-21H2,1-3H3. The normalized spacial score (nSPS) is 21.2. The minimum Gasteiger partial charge on any atom is -0.487 e. The van der Waals surface area contributed by atoms with Gasteiger partial charge in [-0.15, -0.1) is 0 Å². The number of aryl methyl sites for hydroxylation is 1. The smallest absolute Gasteiger partial charge is 0.409 e. The minimum atomic E-state index is -0.218. The first-order valence-corrected chi connectivity index (χ1v) is 13.8. The van der Waals surface area contributed by atoms with Gasteiger partial charge >= 0.3 is 6.09 Å². The number of ether oxygens (including phenoxy) is 3. The van der Waals surface area contributed by atoms with E-state index in [2.05, 4.69) is 39.0 Å². The highest BCUT2D eigenvalue weighted by atomic mass is 16.6. The lowest BCUT2D eigenvalue weighted by atomic mass is 9.78. The van der Waals surface area contributed by atoms with Gasteiger partial charge in [-0.1, -0.05) is 39.0 Å². The third-order valence-corrected chi connectivity index (χ3v) is 8.42. The van der Waals surface area contributed by atoms with E-state index >= 15 is 0 Å². The molecule has 2 spiro atoms. The fourth-order valence-corrected chi connectivity index (χ4v) is 5.99. The molecule has 0 N–H and O–H groups in total. The van der Waals surface area contributed by atoms with Crippen molar-refractivity contribution in [3.8, 4) is 16.9 Å². The lowest BCUT2D eigenvalue weighted by Gasteiger charge is -2.54. The predicted molar refractivity (Wildman–Crippen MR) is 144 cm³/mol. The zero-order valence-electron chi connectivity index (χ0n) is 22.8. The number of rotatable bonds is 3. The van der Waals surface area contributed by atoms with Crippen LogP contribution >= 0.6 is 0 Å². The van der Waals surface area contributed by atoms with Gasteiger partial charge in [-0.3, -0.25) is 4.79 Å². The average Bonchev–Trinajstić information content (AvgIpc) is 2.85. The molecule has 4 aliphatic heterocycles. The lowest BCUT2D eigenvalue weighted by molar-refractivity contribution is -0.176. The lowest BCUT2D eigenvalue weighted by Crippen LogP contribution is -2.67. The molecule has 4 aliphatic rings. The molecule has 2 amide bonds. The Morgan fingerprint density at radius 3 is 2.24 bits per heavy atom. The number of nitrogens with zero attached hydrogens (tertiary/aromatic N) is 2. The van der Waals surface area contributed by atoms with Gasteiger partial charge in [0.05, 0.1) is 25.2 Å². The molecule has 6 rings (SSSR count). The summed E-state index contributed by atoms with van der Waals surface area (Å²) >= 11 is 0. The first kappa shape index (κ1) is 25.2. The molecule has 4 heterocycles. The van der Waals surface area contributed by atoms with E-state index in [0.717, 1.165) is 74.4 Å². The van der Waals surface area contributed by atoms with Crippen molar-refractivity contribution in [1.82, 2.24) is 9.80 Å². The van der Waals surface area contributed by atoms with Gasteiger partial charge in [-0.05, 0) is 59.2 Å². The number of likely N-dealkylation sites (tertiary alicyclic amines) is 2. The van der Waals surface area contributed by atoms with Gasteiger partial charge in [0.1, 0.15) is 11.4 Å². The average molecular weight is 519 g/mol. The number of piperidine rings is 1. The van der Waals surface area contributed by atoms with Gasteiger partial charge < -0.3 is 24.0 Å². The maximum Gasteiger partial charge on any atom is 0.409 e. The van der Waals surface area contributed by atoms with Crippen molar-refractivity contribution in [2.24, 2.45) is 10.8 Å². The molecule has 0 radical (unpaired) electrons. The van der Waals surface area contributed by atoms with Crippen LogP contribution in [0.4, 0.5) is 4.79 Å². The molecule has 3 saturated heterocycles. The summed E-state index contributed by atoms with van der Waals surface area (Å²) in [6.07, 6.45) is 3.32. The van der Waals surface area contributed by atoms with E-state index in [4.69, 9.17) is 14.2 Å². The Morgan fingerprint density at radius 1 is 0.921 bits per heavy atom. The molecule has 0 aromatic heterocycles. The molecule has 0 saturated carbocycles. The fourth-order valence-electron chi connectivity index (χ4n) is 5.99. The number of amides is 2. The molecule has 0 unspecified atom stereocenters. The Morgan fingerprint density at radius 2 is 1.61 bits per heavy atom. The zero-order chi connectivity index (χ0) is 26.5. The second kappa shape index (κ2) is 9.30. The number of carbonyl (C=O) groups is 2. The summed E-state index contributed by atoms with van der Waals surface area (Å²) < 4.78 is 17.4. The number of fused-ring (bicyclic) bond motifs is 1. The SMILES string of the molecule is CC(C)(C)COC(=O)N1CCC2(CCc3cc(-c4ccc(C(=O)N5CC6(COC6)C5)cc4)ccc3O2)CC1. The first-order valence-electron chi connectivity index (χ1n) is 13.8. The Balaban J connectivity index is 1.06. The molecule has 3 fully saturated rings. The largest absolute Gasteiger partial charge is 0.487 e. The summed E-state index contributed by atoms with van der Waals surface area (Å²) in [6.45, 7) is 11.1. The van der Waals surface area contributed by atoms with Crippen LogP contribution in [0.1, 0.15) is 56.0 Å². The van der Waals surface area contributed by atoms with Crippen molar-refractivity contribution in [2.45, 2.75) is 52.1 Å². The summed E-state index contributed by atoms with van der Waals surface area (Å²) in [5.41, 5.74) is 4.17. The summed E-state index contributed by atoms with van der Waals surface area (Å²) in [6, 6.07) is 14.3. The van der Waals surface area contributed by atoms with Gasteiger partial charge in [0.2, 0.25) is 0 Å². The van der Waals surface area contributed by atoms with E-state index in [1.807, 2.05) is 34.1 Å². The van der Waals surface area contributed by atoms with Crippen LogP contribution in [0.15, 0.2) is 42.5 Å². The maximum atomic E-state index is 12.8. The summed E-state index contributed by atoms with van der Waals surface area (Å²) in [5, 5.41) is 0. The number of carbonyl (C=O) groups excluding carboxylic acids is 2. The monoisotopic (exact) mass is 518 g/mol. The van der Waals surface area contributed by atoms with Gasteiger partial charge in [0.25, 0.3) is 5.91 Å². The Bertz CT molecular complexity index is 1210. The van der Waals surface area contributed by atoms with E-state index in [1.165, 1.54) is 5.56 Å². The van der Waals surface area contributed by atoms with E-state index in [9.17, 15) is 9.59 Å². The molecule has 202 valence electrons. The van der Waals surface area contributed by atoms with Crippen molar-refractivity contribution in [2.75, 3.05) is 46.0 Å². The van der Waals surface area contributed by atoms with Gasteiger partial charge in [-0.25, -0.2) is 4.79 Å². The highest BCUT2D eigenvalue weighted by molar-refractivity contribution is 5.95. The quantitative estimate of drug-likeness (QED) is 0.561. The van der Waals surface area contributed by atoms with Crippen LogP contribution in [0.5, 0.6) is 5.75 Å². The van der Waals surface area contributed by atoms with E-state index in [0.29, 0.717) is 19.7 Å². The van der Waals surface area contributed by atoms with Crippen molar-refractivity contribution in [3.05, 3.63) is 53.6 Å².